The number of anilines is 1. The second-order valence-electron chi connectivity index (χ2n) is 4.06. The molecule has 1 aliphatic heterocycles. The van der Waals surface area contributed by atoms with Crippen LogP contribution >= 0.6 is 0 Å². The standard InChI is InChI=1S/C12H18N2/c1-10-4-6-11(7-5-10)14-8-2-3-12(14)9-13/h4-7,12H,2-3,8-9,13H2,1H3/t12-/m1/s1. The molecule has 0 aliphatic carbocycles. The van der Waals surface area contributed by atoms with Crippen LogP contribution < -0.4 is 10.6 Å². The van der Waals surface area contributed by atoms with Gasteiger partial charge in [-0.15, -0.1) is 0 Å². The Morgan fingerprint density at radius 3 is 2.71 bits per heavy atom. The summed E-state index contributed by atoms with van der Waals surface area (Å²) in [6.07, 6.45) is 2.51. The number of benzene rings is 1. The predicted octanol–water partition coefficient (Wildman–Crippen LogP) is 1.92. The third-order valence-electron chi connectivity index (χ3n) is 3.01. The summed E-state index contributed by atoms with van der Waals surface area (Å²) >= 11 is 0. The molecule has 2 heteroatoms. The molecule has 1 aromatic carbocycles. The lowest BCUT2D eigenvalue weighted by molar-refractivity contribution is 0.677. The number of hydrogen-bond acceptors (Lipinski definition) is 2. The van der Waals surface area contributed by atoms with Crippen LogP contribution in [0.25, 0.3) is 0 Å². The van der Waals surface area contributed by atoms with Gasteiger partial charge in [-0.1, -0.05) is 17.7 Å². The number of aryl methyl sites for hydroxylation is 1. The Bertz CT molecular complexity index is 292. The first-order valence-electron chi connectivity index (χ1n) is 5.34. The average molecular weight is 190 g/mol. The Hall–Kier alpha value is -1.02. The van der Waals surface area contributed by atoms with Crippen LogP contribution in [0.3, 0.4) is 0 Å². The van der Waals surface area contributed by atoms with Crippen molar-refractivity contribution in [2.45, 2.75) is 25.8 Å². The van der Waals surface area contributed by atoms with Crippen LogP contribution in [0, 0.1) is 6.92 Å². The highest BCUT2D eigenvalue weighted by molar-refractivity contribution is 5.49. The first-order chi connectivity index (χ1) is 6.81. The molecule has 1 aliphatic rings. The molecule has 1 aromatic rings. The fraction of sp³-hybridized carbons (Fsp3) is 0.500. The van der Waals surface area contributed by atoms with E-state index in [4.69, 9.17) is 5.73 Å². The largest absolute Gasteiger partial charge is 0.367 e. The van der Waals surface area contributed by atoms with Gasteiger partial charge in [-0.25, -0.2) is 0 Å². The zero-order valence-electron chi connectivity index (χ0n) is 8.74. The smallest absolute Gasteiger partial charge is 0.0412 e. The van der Waals surface area contributed by atoms with Crippen molar-refractivity contribution in [1.29, 1.82) is 0 Å². The topological polar surface area (TPSA) is 29.3 Å². The van der Waals surface area contributed by atoms with E-state index < -0.39 is 0 Å². The minimum Gasteiger partial charge on any atom is -0.367 e. The third kappa shape index (κ3) is 1.75. The van der Waals surface area contributed by atoms with Crippen molar-refractivity contribution in [3.05, 3.63) is 29.8 Å². The normalized spacial score (nSPS) is 21.6. The Balaban J connectivity index is 2.17. The fourth-order valence-corrected chi connectivity index (χ4v) is 2.16. The Labute approximate surface area is 85.7 Å². The van der Waals surface area contributed by atoms with Crippen molar-refractivity contribution in [1.82, 2.24) is 0 Å². The Kier molecular flexibility index (Phi) is 2.73. The number of hydrogen-bond donors (Lipinski definition) is 1. The molecule has 1 saturated heterocycles. The zero-order valence-corrected chi connectivity index (χ0v) is 8.74. The zero-order chi connectivity index (χ0) is 9.97. The molecule has 14 heavy (non-hydrogen) atoms. The van der Waals surface area contributed by atoms with E-state index in [1.54, 1.807) is 0 Å². The van der Waals surface area contributed by atoms with Gasteiger partial charge in [0, 0.05) is 24.8 Å². The molecule has 0 spiro atoms. The van der Waals surface area contributed by atoms with E-state index in [1.165, 1.54) is 24.1 Å². The summed E-state index contributed by atoms with van der Waals surface area (Å²) < 4.78 is 0. The number of nitrogens with zero attached hydrogens (tertiary/aromatic N) is 1. The summed E-state index contributed by atoms with van der Waals surface area (Å²) in [7, 11) is 0. The van der Waals surface area contributed by atoms with E-state index in [0.717, 1.165) is 13.1 Å². The first kappa shape index (κ1) is 9.53. The molecule has 0 unspecified atom stereocenters. The third-order valence-corrected chi connectivity index (χ3v) is 3.01. The van der Waals surface area contributed by atoms with Crippen molar-refractivity contribution >= 4 is 5.69 Å². The lowest BCUT2D eigenvalue weighted by atomic mass is 10.2. The Morgan fingerprint density at radius 2 is 2.07 bits per heavy atom. The van der Waals surface area contributed by atoms with E-state index in [-0.39, 0.29) is 0 Å². The van der Waals surface area contributed by atoms with Crippen LogP contribution in [0.4, 0.5) is 5.69 Å². The highest BCUT2D eigenvalue weighted by atomic mass is 15.2. The van der Waals surface area contributed by atoms with Gasteiger partial charge in [0.25, 0.3) is 0 Å². The lowest BCUT2D eigenvalue weighted by Gasteiger charge is -2.25. The van der Waals surface area contributed by atoms with Crippen LogP contribution in [0.15, 0.2) is 24.3 Å². The molecule has 0 saturated carbocycles. The quantitative estimate of drug-likeness (QED) is 0.772. The van der Waals surface area contributed by atoms with Gasteiger partial charge in [-0.3, -0.25) is 0 Å². The average Bonchev–Trinajstić information content (AvgIpc) is 2.67. The summed E-state index contributed by atoms with van der Waals surface area (Å²) in [6.45, 7) is 4.05. The van der Waals surface area contributed by atoms with Crippen LogP contribution in [-0.4, -0.2) is 19.1 Å². The Morgan fingerprint density at radius 1 is 1.36 bits per heavy atom. The molecule has 0 amide bonds. The summed E-state index contributed by atoms with van der Waals surface area (Å²) in [4.78, 5) is 2.43. The molecule has 1 heterocycles. The van der Waals surface area contributed by atoms with Crippen molar-refractivity contribution in [3.8, 4) is 0 Å². The maximum Gasteiger partial charge on any atom is 0.0412 e. The highest BCUT2D eigenvalue weighted by Gasteiger charge is 2.22. The monoisotopic (exact) mass is 190 g/mol. The van der Waals surface area contributed by atoms with E-state index in [0.29, 0.717) is 6.04 Å². The van der Waals surface area contributed by atoms with Gasteiger partial charge >= 0.3 is 0 Å². The van der Waals surface area contributed by atoms with Gasteiger partial charge in [0.05, 0.1) is 0 Å². The molecule has 2 rings (SSSR count). The van der Waals surface area contributed by atoms with Crippen molar-refractivity contribution in [2.75, 3.05) is 18.0 Å². The van der Waals surface area contributed by atoms with E-state index in [2.05, 4.69) is 36.1 Å². The predicted molar refractivity (Wildman–Crippen MR) is 60.6 cm³/mol. The molecular weight excluding hydrogens is 172 g/mol. The lowest BCUT2D eigenvalue weighted by Crippen LogP contribution is -2.35. The molecule has 2 N–H and O–H groups in total. The minimum absolute atomic E-state index is 0.553. The van der Waals surface area contributed by atoms with Gasteiger partial charge in [0.2, 0.25) is 0 Å². The minimum atomic E-state index is 0.553. The fourth-order valence-electron chi connectivity index (χ4n) is 2.16. The molecule has 0 aromatic heterocycles. The summed E-state index contributed by atoms with van der Waals surface area (Å²) in [5.74, 6) is 0. The van der Waals surface area contributed by atoms with Gasteiger partial charge in [-0.05, 0) is 31.9 Å². The number of rotatable bonds is 2. The van der Waals surface area contributed by atoms with Gasteiger partial charge in [0.1, 0.15) is 0 Å². The van der Waals surface area contributed by atoms with E-state index >= 15 is 0 Å². The molecule has 76 valence electrons. The highest BCUT2D eigenvalue weighted by Crippen LogP contribution is 2.24. The first-order valence-corrected chi connectivity index (χ1v) is 5.34. The van der Waals surface area contributed by atoms with Crippen LogP contribution in [0.1, 0.15) is 18.4 Å². The molecular formula is C12H18N2. The van der Waals surface area contributed by atoms with E-state index in [1.807, 2.05) is 0 Å². The molecule has 1 atom stereocenters. The van der Waals surface area contributed by atoms with Crippen LogP contribution in [0.2, 0.25) is 0 Å². The molecule has 1 fully saturated rings. The van der Waals surface area contributed by atoms with Crippen molar-refractivity contribution in [2.24, 2.45) is 5.73 Å². The van der Waals surface area contributed by atoms with Gasteiger partial charge in [0.15, 0.2) is 0 Å². The summed E-state index contributed by atoms with van der Waals surface area (Å²) in [5.41, 5.74) is 8.39. The van der Waals surface area contributed by atoms with Crippen molar-refractivity contribution in [3.63, 3.8) is 0 Å². The molecule has 0 bridgehead atoms. The van der Waals surface area contributed by atoms with Crippen molar-refractivity contribution < 1.29 is 0 Å². The molecule has 0 radical (unpaired) electrons. The maximum absolute atomic E-state index is 5.75. The SMILES string of the molecule is Cc1ccc(N2CCC[C@@H]2CN)cc1. The maximum atomic E-state index is 5.75. The second-order valence-corrected chi connectivity index (χ2v) is 4.06. The van der Waals surface area contributed by atoms with E-state index in [9.17, 15) is 0 Å². The van der Waals surface area contributed by atoms with Gasteiger partial charge < -0.3 is 10.6 Å². The van der Waals surface area contributed by atoms with Crippen LogP contribution in [0.5, 0.6) is 0 Å². The number of nitrogens with two attached hydrogens (primary N) is 1. The van der Waals surface area contributed by atoms with Gasteiger partial charge in [-0.2, -0.15) is 0 Å². The summed E-state index contributed by atoms with van der Waals surface area (Å²) in [6, 6.07) is 9.28. The molecule has 2 nitrogen and oxygen atoms in total. The van der Waals surface area contributed by atoms with Crippen LogP contribution in [-0.2, 0) is 0 Å². The summed E-state index contributed by atoms with van der Waals surface area (Å²) in [5, 5.41) is 0. The second kappa shape index (κ2) is 4.01.